The standard InChI is InChI=1S/C29H31N3O5/c1-31-16-21(10-11-27(31)35)30-24-9-5-8-20-12-13-32(17-23(20)24)29(36)28-25(34)14-22(33)15-26(28)37-18-19-6-3-2-4-7-19/h2-9,14-15,21,30,33-34H,10-13,16-18H2,1H3. The van der Waals surface area contributed by atoms with Crippen LogP contribution in [0.3, 0.4) is 0 Å². The van der Waals surface area contributed by atoms with Gasteiger partial charge in [0.25, 0.3) is 5.91 Å². The summed E-state index contributed by atoms with van der Waals surface area (Å²) in [6.45, 7) is 1.69. The van der Waals surface area contributed by atoms with Crippen molar-refractivity contribution in [1.29, 1.82) is 0 Å². The molecule has 2 aliphatic rings. The van der Waals surface area contributed by atoms with E-state index in [1.54, 1.807) is 9.80 Å². The van der Waals surface area contributed by atoms with E-state index in [9.17, 15) is 19.8 Å². The van der Waals surface area contributed by atoms with Crippen molar-refractivity contribution in [3.05, 3.63) is 82.9 Å². The molecule has 3 N–H and O–H groups in total. The minimum atomic E-state index is -0.357. The lowest BCUT2D eigenvalue weighted by atomic mass is 9.96. The molecule has 1 atom stereocenters. The molecule has 0 saturated carbocycles. The number of anilines is 1. The Kier molecular flexibility index (Phi) is 6.90. The zero-order valence-electron chi connectivity index (χ0n) is 20.8. The summed E-state index contributed by atoms with van der Waals surface area (Å²) in [5.41, 5.74) is 4.10. The van der Waals surface area contributed by atoms with Gasteiger partial charge in [-0.25, -0.2) is 0 Å². The monoisotopic (exact) mass is 501 g/mol. The fraction of sp³-hybridized carbons (Fsp3) is 0.310. The summed E-state index contributed by atoms with van der Waals surface area (Å²) >= 11 is 0. The summed E-state index contributed by atoms with van der Waals surface area (Å²) in [5.74, 6) is -0.560. The van der Waals surface area contributed by atoms with Crippen LogP contribution in [0, 0.1) is 0 Å². The zero-order chi connectivity index (χ0) is 25.9. The van der Waals surface area contributed by atoms with E-state index in [1.807, 2.05) is 49.5 Å². The lowest BCUT2D eigenvalue weighted by Gasteiger charge is -2.34. The lowest BCUT2D eigenvalue weighted by molar-refractivity contribution is -0.132. The second-order valence-corrected chi connectivity index (χ2v) is 9.69. The highest BCUT2D eigenvalue weighted by atomic mass is 16.5. The Morgan fingerprint density at radius 2 is 1.89 bits per heavy atom. The Morgan fingerprint density at radius 3 is 2.68 bits per heavy atom. The van der Waals surface area contributed by atoms with E-state index in [-0.39, 0.29) is 47.3 Å². The number of ether oxygens (including phenoxy) is 1. The first-order valence-corrected chi connectivity index (χ1v) is 12.5. The number of aromatic hydroxyl groups is 2. The summed E-state index contributed by atoms with van der Waals surface area (Å²) in [6.07, 6.45) is 1.96. The van der Waals surface area contributed by atoms with Gasteiger partial charge in [-0.05, 0) is 35.6 Å². The second-order valence-electron chi connectivity index (χ2n) is 9.69. The van der Waals surface area contributed by atoms with E-state index in [1.165, 1.54) is 11.6 Å². The number of phenols is 2. The van der Waals surface area contributed by atoms with Gasteiger partial charge in [-0.3, -0.25) is 9.59 Å². The fourth-order valence-electron chi connectivity index (χ4n) is 5.05. The van der Waals surface area contributed by atoms with Gasteiger partial charge in [-0.15, -0.1) is 0 Å². The molecule has 3 aromatic rings. The van der Waals surface area contributed by atoms with Crippen molar-refractivity contribution in [3.63, 3.8) is 0 Å². The Labute approximate surface area is 216 Å². The Bertz CT molecular complexity index is 1310. The van der Waals surface area contributed by atoms with E-state index in [2.05, 4.69) is 11.4 Å². The van der Waals surface area contributed by atoms with E-state index in [4.69, 9.17) is 4.74 Å². The molecule has 2 amide bonds. The van der Waals surface area contributed by atoms with Crippen LogP contribution in [0.4, 0.5) is 5.69 Å². The van der Waals surface area contributed by atoms with Crippen LogP contribution in [0.15, 0.2) is 60.7 Å². The number of rotatable bonds is 6. The SMILES string of the molecule is CN1CC(Nc2cccc3c2CN(C(=O)c2c(O)cc(O)cc2OCc2ccccc2)CC3)CCC1=O. The fourth-order valence-corrected chi connectivity index (χ4v) is 5.05. The molecular weight excluding hydrogens is 470 g/mol. The molecule has 2 aliphatic heterocycles. The highest BCUT2D eigenvalue weighted by molar-refractivity contribution is 6.00. The number of likely N-dealkylation sites (N-methyl/N-ethyl adjacent to an activating group) is 1. The van der Waals surface area contributed by atoms with Gasteiger partial charge in [0.15, 0.2) is 0 Å². The average Bonchev–Trinajstić information content (AvgIpc) is 2.89. The number of hydrogen-bond donors (Lipinski definition) is 3. The number of carbonyl (C=O) groups excluding carboxylic acids is 2. The number of fused-ring (bicyclic) bond motifs is 1. The molecule has 0 aliphatic carbocycles. The van der Waals surface area contributed by atoms with Crippen molar-refractivity contribution in [1.82, 2.24) is 9.80 Å². The lowest BCUT2D eigenvalue weighted by Crippen LogP contribution is -2.43. The van der Waals surface area contributed by atoms with E-state index in [0.717, 1.165) is 29.3 Å². The van der Waals surface area contributed by atoms with Gasteiger partial charge in [0.2, 0.25) is 5.91 Å². The Balaban J connectivity index is 1.37. The minimum absolute atomic E-state index is 0.0371. The molecule has 5 rings (SSSR count). The number of likely N-dealkylation sites (tertiary alicyclic amines) is 1. The molecule has 1 unspecified atom stereocenters. The van der Waals surface area contributed by atoms with E-state index in [0.29, 0.717) is 32.5 Å². The van der Waals surface area contributed by atoms with E-state index < -0.39 is 0 Å². The number of nitrogens with one attached hydrogen (secondary N) is 1. The molecule has 3 aromatic carbocycles. The first kappa shape index (κ1) is 24.5. The second kappa shape index (κ2) is 10.4. The highest BCUT2D eigenvalue weighted by Crippen LogP contribution is 2.36. The first-order chi connectivity index (χ1) is 17.9. The molecule has 2 heterocycles. The number of carbonyl (C=O) groups is 2. The van der Waals surface area contributed by atoms with Crippen LogP contribution in [0.1, 0.15) is 39.9 Å². The van der Waals surface area contributed by atoms with Crippen LogP contribution in [0.5, 0.6) is 17.2 Å². The smallest absolute Gasteiger partial charge is 0.261 e. The number of amides is 2. The normalized spacial score (nSPS) is 17.3. The molecule has 8 nitrogen and oxygen atoms in total. The summed E-state index contributed by atoms with van der Waals surface area (Å²) in [5, 5.41) is 24.3. The third-order valence-corrected chi connectivity index (χ3v) is 7.06. The molecule has 1 saturated heterocycles. The largest absolute Gasteiger partial charge is 0.508 e. The molecule has 0 aromatic heterocycles. The molecule has 0 bridgehead atoms. The first-order valence-electron chi connectivity index (χ1n) is 12.5. The quantitative estimate of drug-likeness (QED) is 0.473. The summed E-state index contributed by atoms with van der Waals surface area (Å²) < 4.78 is 5.90. The molecule has 0 radical (unpaired) electrons. The predicted molar refractivity (Wildman–Crippen MR) is 140 cm³/mol. The number of hydrogen-bond acceptors (Lipinski definition) is 6. The van der Waals surface area contributed by atoms with Crippen LogP contribution in [0.25, 0.3) is 0 Å². The molecule has 8 heteroatoms. The maximum Gasteiger partial charge on any atom is 0.261 e. The highest BCUT2D eigenvalue weighted by Gasteiger charge is 2.30. The van der Waals surface area contributed by atoms with Crippen LogP contribution < -0.4 is 10.1 Å². The summed E-state index contributed by atoms with van der Waals surface area (Å²) in [6, 6.07) is 18.3. The van der Waals surface area contributed by atoms with Crippen LogP contribution in [0.2, 0.25) is 0 Å². The summed E-state index contributed by atoms with van der Waals surface area (Å²) in [4.78, 5) is 29.0. The molecule has 1 fully saturated rings. The van der Waals surface area contributed by atoms with Gasteiger partial charge >= 0.3 is 0 Å². The van der Waals surface area contributed by atoms with Crippen molar-refractivity contribution in [3.8, 4) is 17.2 Å². The molecule has 0 spiro atoms. The van der Waals surface area contributed by atoms with Gasteiger partial charge in [0, 0.05) is 57.0 Å². The predicted octanol–water partition coefficient (Wildman–Crippen LogP) is 3.91. The van der Waals surface area contributed by atoms with Gasteiger partial charge in [0.05, 0.1) is 0 Å². The van der Waals surface area contributed by atoms with Crippen molar-refractivity contribution in [2.24, 2.45) is 0 Å². The number of nitrogens with zero attached hydrogens (tertiary/aromatic N) is 2. The van der Waals surface area contributed by atoms with Crippen molar-refractivity contribution >= 4 is 17.5 Å². The summed E-state index contributed by atoms with van der Waals surface area (Å²) in [7, 11) is 1.82. The van der Waals surface area contributed by atoms with Crippen LogP contribution >= 0.6 is 0 Å². The third kappa shape index (κ3) is 5.33. The van der Waals surface area contributed by atoms with Gasteiger partial charge in [-0.2, -0.15) is 0 Å². The molecular formula is C29H31N3O5. The Morgan fingerprint density at radius 1 is 1.08 bits per heavy atom. The average molecular weight is 502 g/mol. The number of phenolic OH excluding ortho intramolecular Hbond substituents is 2. The van der Waals surface area contributed by atoms with E-state index >= 15 is 0 Å². The zero-order valence-corrected chi connectivity index (χ0v) is 20.8. The van der Waals surface area contributed by atoms with Crippen molar-refractivity contribution in [2.45, 2.75) is 38.5 Å². The number of piperidine rings is 1. The minimum Gasteiger partial charge on any atom is -0.508 e. The van der Waals surface area contributed by atoms with Crippen LogP contribution in [-0.4, -0.2) is 58.0 Å². The van der Waals surface area contributed by atoms with Crippen molar-refractivity contribution < 1.29 is 24.5 Å². The molecule has 37 heavy (non-hydrogen) atoms. The molecule has 192 valence electrons. The van der Waals surface area contributed by atoms with Gasteiger partial charge < -0.3 is 30.1 Å². The topological polar surface area (TPSA) is 102 Å². The Hall–Kier alpha value is -4.20. The van der Waals surface area contributed by atoms with Crippen LogP contribution in [-0.2, 0) is 24.4 Å². The third-order valence-electron chi connectivity index (χ3n) is 7.06. The maximum absolute atomic E-state index is 13.7. The number of benzene rings is 3. The van der Waals surface area contributed by atoms with Crippen molar-refractivity contribution in [2.75, 3.05) is 25.5 Å². The maximum atomic E-state index is 13.7. The van der Waals surface area contributed by atoms with Gasteiger partial charge in [-0.1, -0.05) is 42.5 Å². The van der Waals surface area contributed by atoms with Gasteiger partial charge in [0.1, 0.15) is 29.4 Å².